The lowest BCUT2D eigenvalue weighted by Gasteiger charge is -2.39. The smallest absolute Gasteiger partial charge is 0.227 e. The summed E-state index contributed by atoms with van der Waals surface area (Å²) in [5.74, 6) is 1.44. The molecule has 1 saturated carbocycles. The van der Waals surface area contributed by atoms with E-state index in [9.17, 15) is 14.4 Å². The summed E-state index contributed by atoms with van der Waals surface area (Å²) >= 11 is 0. The molecule has 0 aromatic heterocycles. The highest BCUT2D eigenvalue weighted by Crippen LogP contribution is 2.26. The summed E-state index contributed by atoms with van der Waals surface area (Å²) in [5.41, 5.74) is 0. The Morgan fingerprint density at radius 1 is 0.800 bits per heavy atom. The second-order valence-corrected chi connectivity index (χ2v) is 9.69. The normalized spacial score (nSPS) is 26.8. The zero-order chi connectivity index (χ0) is 20.9. The largest absolute Gasteiger partial charge is 0.343 e. The molecule has 3 saturated heterocycles. The number of hydrogen-bond acceptors (Lipinski definition) is 4. The Hall–Kier alpha value is -1.63. The fourth-order valence-corrected chi connectivity index (χ4v) is 5.69. The van der Waals surface area contributed by atoms with Crippen molar-refractivity contribution >= 4 is 17.7 Å². The molecular weight excluding hydrogens is 380 g/mol. The number of hydrogen-bond donors (Lipinski definition) is 0. The lowest BCUT2D eigenvalue weighted by atomic mass is 9.95. The molecule has 0 aromatic rings. The van der Waals surface area contributed by atoms with Crippen LogP contribution in [0.25, 0.3) is 0 Å². The standard InChI is InChI=1S/C23H38N4O3/c28-21-7-3-10-25(21)11-4-12-27-18-20(8-9-22(27)29)23(30)26-15-13-24(14-16-26)17-19-5-1-2-6-19/h19-20H,1-18H2. The van der Waals surface area contributed by atoms with Crippen molar-refractivity contribution in [3.05, 3.63) is 0 Å². The average molecular weight is 419 g/mol. The van der Waals surface area contributed by atoms with Crippen LogP contribution in [0.1, 0.15) is 57.8 Å². The highest BCUT2D eigenvalue weighted by atomic mass is 16.2. The maximum Gasteiger partial charge on any atom is 0.227 e. The lowest BCUT2D eigenvalue weighted by molar-refractivity contribution is -0.144. The third-order valence-corrected chi connectivity index (χ3v) is 7.55. The lowest BCUT2D eigenvalue weighted by Crippen LogP contribution is -2.53. The van der Waals surface area contributed by atoms with Gasteiger partial charge in [-0.1, -0.05) is 12.8 Å². The number of nitrogens with zero attached hydrogens (tertiary/aromatic N) is 4. The monoisotopic (exact) mass is 418 g/mol. The Kier molecular flexibility index (Phi) is 7.28. The third kappa shape index (κ3) is 5.34. The molecule has 7 nitrogen and oxygen atoms in total. The van der Waals surface area contributed by atoms with Gasteiger partial charge in [-0.25, -0.2) is 0 Å². The van der Waals surface area contributed by atoms with Crippen molar-refractivity contribution in [1.29, 1.82) is 0 Å². The quantitative estimate of drug-likeness (QED) is 0.630. The van der Waals surface area contributed by atoms with Gasteiger partial charge < -0.3 is 14.7 Å². The Bertz CT molecular complexity index is 626. The SMILES string of the molecule is O=C1CCCN1CCCN1CC(C(=O)N2CCN(CC3CCCC3)CC2)CCC1=O. The molecule has 168 valence electrons. The third-order valence-electron chi connectivity index (χ3n) is 7.55. The van der Waals surface area contributed by atoms with Gasteiger partial charge in [0.1, 0.15) is 0 Å². The number of carbonyl (C=O) groups excluding carboxylic acids is 3. The van der Waals surface area contributed by atoms with Crippen molar-refractivity contribution < 1.29 is 14.4 Å². The summed E-state index contributed by atoms with van der Waals surface area (Å²) in [6.45, 7) is 7.61. The van der Waals surface area contributed by atoms with E-state index in [0.29, 0.717) is 32.4 Å². The first-order valence-corrected chi connectivity index (χ1v) is 12.2. The minimum Gasteiger partial charge on any atom is -0.343 e. The highest BCUT2D eigenvalue weighted by molar-refractivity contribution is 5.84. The van der Waals surface area contributed by atoms with Gasteiger partial charge >= 0.3 is 0 Å². The second kappa shape index (κ2) is 10.1. The van der Waals surface area contributed by atoms with E-state index in [0.717, 1.165) is 58.0 Å². The molecule has 4 rings (SSSR count). The van der Waals surface area contributed by atoms with Crippen LogP contribution in [0.3, 0.4) is 0 Å². The van der Waals surface area contributed by atoms with Crippen molar-refractivity contribution in [3.63, 3.8) is 0 Å². The number of likely N-dealkylation sites (tertiary alicyclic amines) is 2. The molecule has 4 aliphatic rings. The summed E-state index contributed by atoms with van der Waals surface area (Å²) in [6, 6.07) is 0. The van der Waals surface area contributed by atoms with E-state index >= 15 is 0 Å². The van der Waals surface area contributed by atoms with Gasteiger partial charge in [-0.2, -0.15) is 0 Å². The predicted octanol–water partition coefficient (Wildman–Crippen LogP) is 1.57. The molecule has 0 aromatic carbocycles. The molecule has 7 heteroatoms. The Balaban J connectivity index is 1.20. The van der Waals surface area contributed by atoms with E-state index in [2.05, 4.69) is 4.90 Å². The van der Waals surface area contributed by atoms with Crippen LogP contribution in [0.4, 0.5) is 0 Å². The Morgan fingerprint density at radius 3 is 2.20 bits per heavy atom. The van der Waals surface area contributed by atoms with Crippen molar-refractivity contribution in [2.24, 2.45) is 11.8 Å². The maximum atomic E-state index is 13.1. The van der Waals surface area contributed by atoms with Gasteiger partial charge in [0.15, 0.2) is 0 Å². The Labute approximate surface area is 180 Å². The minimum absolute atomic E-state index is 0.0579. The molecule has 0 spiro atoms. The predicted molar refractivity (Wildman–Crippen MR) is 115 cm³/mol. The molecule has 3 aliphatic heterocycles. The van der Waals surface area contributed by atoms with E-state index < -0.39 is 0 Å². The van der Waals surface area contributed by atoms with Crippen LogP contribution >= 0.6 is 0 Å². The first-order chi connectivity index (χ1) is 14.6. The van der Waals surface area contributed by atoms with Crippen molar-refractivity contribution in [3.8, 4) is 0 Å². The molecule has 0 N–H and O–H groups in total. The fourth-order valence-electron chi connectivity index (χ4n) is 5.69. The minimum atomic E-state index is -0.0579. The first-order valence-electron chi connectivity index (χ1n) is 12.2. The van der Waals surface area contributed by atoms with E-state index in [-0.39, 0.29) is 23.6 Å². The average Bonchev–Trinajstić information content (AvgIpc) is 3.41. The van der Waals surface area contributed by atoms with Gasteiger partial charge in [0.25, 0.3) is 0 Å². The van der Waals surface area contributed by atoms with Gasteiger partial charge in [0, 0.05) is 71.7 Å². The zero-order valence-corrected chi connectivity index (χ0v) is 18.4. The molecular formula is C23H38N4O3. The molecule has 3 heterocycles. The van der Waals surface area contributed by atoms with Gasteiger partial charge in [0.05, 0.1) is 5.92 Å². The molecule has 1 aliphatic carbocycles. The van der Waals surface area contributed by atoms with E-state index in [1.807, 2.05) is 14.7 Å². The summed E-state index contributed by atoms with van der Waals surface area (Å²) in [4.78, 5) is 45.5. The molecule has 0 bridgehead atoms. The summed E-state index contributed by atoms with van der Waals surface area (Å²) in [6.07, 6.45) is 9.08. The van der Waals surface area contributed by atoms with Crippen molar-refractivity contribution in [2.75, 3.05) is 58.9 Å². The topological polar surface area (TPSA) is 64.2 Å². The van der Waals surface area contributed by atoms with Crippen LogP contribution in [-0.2, 0) is 14.4 Å². The highest BCUT2D eigenvalue weighted by Gasteiger charge is 2.34. The fraction of sp³-hybridized carbons (Fsp3) is 0.870. The van der Waals surface area contributed by atoms with Crippen LogP contribution < -0.4 is 0 Å². The van der Waals surface area contributed by atoms with Crippen molar-refractivity contribution in [1.82, 2.24) is 19.6 Å². The van der Waals surface area contributed by atoms with E-state index in [1.54, 1.807) is 0 Å². The number of amides is 3. The number of carbonyl (C=O) groups is 3. The van der Waals surface area contributed by atoms with Crippen LogP contribution in [0, 0.1) is 11.8 Å². The summed E-state index contributed by atoms with van der Waals surface area (Å²) in [5, 5.41) is 0. The Morgan fingerprint density at radius 2 is 1.50 bits per heavy atom. The first kappa shape index (κ1) is 21.6. The van der Waals surface area contributed by atoms with Crippen LogP contribution in [0.2, 0.25) is 0 Å². The van der Waals surface area contributed by atoms with E-state index in [4.69, 9.17) is 0 Å². The maximum absolute atomic E-state index is 13.1. The molecule has 30 heavy (non-hydrogen) atoms. The molecule has 0 radical (unpaired) electrons. The number of rotatable bonds is 7. The molecule has 1 atom stereocenters. The second-order valence-electron chi connectivity index (χ2n) is 9.69. The molecule has 4 fully saturated rings. The van der Waals surface area contributed by atoms with Gasteiger partial charge in [-0.3, -0.25) is 19.3 Å². The van der Waals surface area contributed by atoms with Crippen LogP contribution in [-0.4, -0.2) is 96.2 Å². The van der Waals surface area contributed by atoms with Gasteiger partial charge in [-0.05, 0) is 38.0 Å². The zero-order valence-electron chi connectivity index (χ0n) is 18.4. The number of piperazine rings is 1. The molecule has 1 unspecified atom stereocenters. The van der Waals surface area contributed by atoms with Crippen LogP contribution in [0.15, 0.2) is 0 Å². The van der Waals surface area contributed by atoms with E-state index in [1.165, 1.54) is 32.2 Å². The summed E-state index contributed by atoms with van der Waals surface area (Å²) in [7, 11) is 0. The van der Waals surface area contributed by atoms with Crippen molar-refractivity contribution in [2.45, 2.75) is 57.8 Å². The van der Waals surface area contributed by atoms with Gasteiger partial charge in [-0.15, -0.1) is 0 Å². The molecule has 3 amide bonds. The number of piperidine rings is 1. The van der Waals surface area contributed by atoms with Crippen LogP contribution in [0.5, 0.6) is 0 Å². The summed E-state index contributed by atoms with van der Waals surface area (Å²) < 4.78 is 0. The van der Waals surface area contributed by atoms with Gasteiger partial charge in [0.2, 0.25) is 17.7 Å².